The average Bonchev–Trinajstić information content (AvgIpc) is 2.61. The Morgan fingerprint density at radius 1 is 1.50 bits per heavy atom. The highest BCUT2D eigenvalue weighted by molar-refractivity contribution is 9.10. The Kier molecular flexibility index (Phi) is 4.42. The molecule has 1 heterocycles. The van der Waals surface area contributed by atoms with Gasteiger partial charge in [0.25, 0.3) is 0 Å². The highest BCUT2D eigenvalue weighted by Gasteiger charge is 2.10. The van der Waals surface area contributed by atoms with Crippen molar-refractivity contribution >= 4 is 39.5 Å². The van der Waals surface area contributed by atoms with Gasteiger partial charge < -0.3 is 14.8 Å². The van der Waals surface area contributed by atoms with E-state index in [9.17, 15) is 5.11 Å². The molecule has 0 atom stereocenters. The highest BCUT2D eigenvalue weighted by Crippen LogP contribution is 2.30. The molecule has 0 saturated heterocycles. The minimum atomic E-state index is 0.146. The maximum atomic E-state index is 9.72. The molecular formula is C12H12BrNO2S2. The largest absolute Gasteiger partial charge is 0.494 e. The summed E-state index contributed by atoms with van der Waals surface area (Å²) in [7, 11) is 0. The van der Waals surface area contributed by atoms with Gasteiger partial charge in [-0.25, -0.2) is 0 Å². The Balaban J connectivity index is 2.35. The Morgan fingerprint density at radius 2 is 2.28 bits per heavy atom. The summed E-state index contributed by atoms with van der Waals surface area (Å²) in [5.74, 6) is 0.979. The number of thiazole rings is 1. The van der Waals surface area contributed by atoms with Crippen LogP contribution in [0.3, 0.4) is 0 Å². The van der Waals surface area contributed by atoms with Crippen LogP contribution in [-0.2, 0) is 6.42 Å². The van der Waals surface area contributed by atoms with Gasteiger partial charge in [-0.1, -0.05) is 15.9 Å². The van der Waals surface area contributed by atoms with Crippen molar-refractivity contribution in [3.8, 4) is 11.6 Å². The van der Waals surface area contributed by atoms with Gasteiger partial charge in [-0.15, -0.1) is 11.3 Å². The molecule has 0 radical (unpaired) electrons. The number of halogens is 1. The zero-order valence-corrected chi connectivity index (χ0v) is 12.9. The molecule has 18 heavy (non-hydrogen) atoms. The number of hydrogen-bond acceptors (Lipinski definition) is 4. The topological polar surface area (TPSA) is 45.2 Å². The molecule has 0 aliphatic rings. The van der Waals surface area contributed by atoms with Gasteiger partial charge in [0.05, 0.1) is 11.5 Å². The first-order valence-corrected chi connectivity index (χ1v) is 7.44. The first-order chi connectivity index (χ1) is 8.60. The van der Waals surface area contributed by atoms with Crippen LogP contribution in [0.4, 0.5) is 0 Å². The number of aromatic nitrogens is 1. The SMILES string of the molecule is CCOc1ccc(Br)cc1Cc1sc(=S)[nH]c1O. The van der Waals surface area contributed by atoms with Crippen LogP contribution in [-0.4, -0.2) is 16.7 Å². The smallest absolute Gasteiger partial charge is 0.203 e. The van der Waals surface area contributed by atoms with Crippen LogP contribution in [0.1, 0.15) is 17.4 Å². The van der Waals surface area contributed by atoms with E-state index in [1.54, 1.807) is 0 Å². The number of aromatic amines is 1. The van der Waals surface area contributed by atoms with Gasteiger partial charge in [-0.05, 0) is 37.3 Å². The molecule has 0 bridgehead atoms. The molecule has 2 aromatic rings. The van der Waals surface area contributed by atoms with Crippen LogP contribution >= 0.6 is 39.5 Å². The van der Waals surface area contributed by atoms with Crippen molar-refractivity contribution < 1.29 is 9.84 Å². The van der Waals surface area contributed by atoms with Crippen LogP contribution in [0.2, 0.25) is 0 Å². The molecule has 2 rings (SSSR count). The lowest BCUT2D eigenvalue weighted by atomic mass is 10.1. The van der Waals surface area contributed by atoms with E-state index in [1.807, 2.05) is 25.1 Å². The van der Waals surface area contributed by atoms with E-state index in [1.165, 1.54) is 11.3 Å². The van der Waals surface area contributed by atoms with Crippen molar-refractivity contribution in [1.29, 1.82) is 0 Å². The van der Waals surface area contributed by atoms with Gasteiger partial charge in [0.2, 0.25) is 5.88 Å². The fraction of sp³-hybridized carbons (Fsp3) is 0.250. The number of rotatable bonds is 4. The van der Waals surface area contributed by atoms with Crippen molar-refractivity contribution in [2.24, 2.45) is 0 Å². The van der Waals surface area contributed by atoms with Crippen LogP contribution in [0.5, 0.6) is 11.6 Å². The second-order valence-electron chi connectivity index (χ2n) is 3.65. The van der Waals surface area contributed by atoms with Gasteiger partial charge in [0.1, 0.15) is 5.75 Å². The summed E-state index contributed by atoms with van der Waals surface area (Å²) >= 11 is 9.83. The molecule has 0 amide bonds. The van der Waals surface area contributed by atoms with Gasteiger partial charge in [-0.3, -0.25) is 0 Å². The molecule has 0 fully saturated rings. The molecular weight excluding hydrogens is 334 g/mol. The molecule has 0 aliphatic heterocycles. The lowest BCUT2D eigenvalue weighted by Gasteiger charge is -2.09. The van der Waals surface area contributed by atoms with E-state index in [4.69, 9.17) is 17.0 Å². The molecule has 6 heteroatoms. The van der Waals surface area contributed by atoms with Crippen molar-refractivity contribution in [1.82, 2.24) is 4.98 Å². The van der Waals surface area contributed by atoms with E-state index in [0.29, 0.717) is 17.0 Å². The summed E-state index contributed by atoms with van der Waals surface area (Å²) in [6, 6.07) is 5.85. The third-order valence-electron chi connectivity index (χ3n) is 2.37. The minimum absolute atomic E-state index is 0.146. The zero-order chi connectivity index (χ0) is 13.1. The monoisotopic (exact) mass is 345 g/mol. The van der Waals surface area contributed by atoms with E-state index in [2.05, 4.69) is 20.9 Å². The van der Waals surface area contributed by atoms with Crippen molar-refractivity contribution in [2.45, 2.75) is 13.3 Å². The normalized spacial score (nSPS) is 10.6. The summed E-state index contributed by atoms with van der Waals surface area (Å²) in [5.41, 5.74) is 1.02. The van der Waals surface area contributed by atoms with Crippen molar-refractivity contribution in [2.75, 3.05) is 6.61 Å². The van der Waals surface area contributed by atoms with E-state index < -0.39 is 0 Å². The number of H-pyrrole nitrogens is 1. The third kappa shape index (κ3) is 3.13. The Bertz CT molecular complexity index is 606. The van der Waals surface area contributed by atoms with Crippen molar-refractivity contribution in [3.63, 3.8) is 0 Å². The van der Waals surface area contributed by atoms with Crippen molar-refractivity contribution in [3.05, 3.63) is 37.1 Å². The molecule has 1 aromatic heterocycles. The van der Waals surface area contributed by atoms with Gasteiger partial charge in [0.15, 0.2) is 3.95 Å². The third-order valence-corrected chi connectivity index (χ3v) is 4.09. The van der Waals surface area contributed by atoms with E-state index >= 15 is 0 Å². The molecule has 0 saturated carbocycles. The Morgan fingerprint density at radius 3 is 2.89 bits per heavy atom. The van der Waals surface area contributed by atoms with Gasteiger partial charge in [-0.2, -0.15) is 0 Å². The summed E-state index contributed by atoms with van der Waals surface area (Å²) in [6.07, 6.45) is 0.596. The lowest BCUT2D eigenvalue weighted by Crippen LogP contribution is -1.97. The Labute approximate surface area is 123 Å². The Hall–Kier alpha value is -0.850. The standard InChI is InChI=1S/C12H12BrNO2S2/c1-2-16-9-4-3-8(13)5-7(9)6-10-11(15)14-12(17)18-10/h3-5,15H,2,6H2,1H3,(H,14,17). The predicted molar refractivity (Wildman–Crippen MR) is 79.3 cm³/mol. The molecule has 0 unspecified atom stereocenters. The second-order valence-corrected chi connectivity index (χ2v) is 6.34. The fourth-order valence-corrected chi connectivity index (χ4v) is 3.18. The quantitative estimate of drug-likeness (QED) is 0.813. The highest BCUT2D eigenvalue weighted by atomic mass is 79.9. The second kappa shape index (κ2) is 5.86. The van der Waals surface area contributed by atoms with Gasteiger partial charge in [0, 0.05) is 16.5 Å². The first-order valence-electron chi connectivity index (χ1n) is 5.42. The summed E-state index contributed by atoms with van der Waals surface area (Å²) < 4.78 is 7.14. The number of hydrogen-bond donors (Lipinski definition) is 2. The maximum absolute atomic E-state index is 9.72. The maximum Gasteiger partial charge on any atom is 0.203 e. The first kappa shape index (κ1) is 13.6. The van der Waals surface area contributed by atoms with E-state index in [0.717, 1.165) is 20.7 Å². The molecule has 2 N–H and O–H groups in total. The minimum Gasteiger partial charge on any atom is -0.494 e. The van der Waals surface area contributed by atoms with Gasteiger partial charge >= 0.3 is 0 Å². The van der Waals surface area contributed by atoms with E-state index in [-0.39, 0.29) is 5.88 Å². The number of ether oxygens (including phenoxy) is 1. The molecule has 0 spiro atoms. The lowest BCUT2D eigenvalue weighted by molar-refractivity contribution is 0.337. The van der Waals surface area contributed by atoms with Crippen LogP contribution in [0.15, 0.2) is 22.7 Å². The molecule has 1 aromatic carbocycles. The molecule has 3 nitrogen and oxygen atoms in total. The summed E-state index contributed by atoms with van der Waals surface area (Å²) in [6.45, 7) is 2.56. The fourth-order valence-electron chi connectivity index (χ4n) is 1.63. The van der Waals surface area contributed by atoms with Crippen LogP contribution in [0.25, 0.3) is 0 Å². The summed E-state index contributed by atoms with van der Waals surface area (Å²) in [5, 5.41) is 9.72. The van der Waals surface area contributed by atoms with Crippen LogP contribution in [0, 0.1) is 3.95 Å². The van der Waals surface area contributed by atoms with Crippen LogP contribution < -0.4 is 4.74 Å². The predicted octanol–water partition coefficient (Wildman–Crippen LogP) is 4.26. The zero-order valence-electron chi connectivity index (χ0n) is 9.70. The molecule has 96 valence electrons. The number of benzene rings is 1. The molecule has 0 aliphatic carbocycles. The number of aromatic hydroxyl groups is 1. The summed E-state index contributed by atoms with van der Waals surface area (Å²) in [4.78, 5) is 3.55. The average molecular weight is 346 g/mol. The number of nitrogens with one attached hydrogen (secondary N) is 1.